The summed E-state index contributed by atoms with van der Waals surface area (Å²) in [7, 11) is 1.65. The van der Waals surface area contributed by atoms with E-state index in [0.29, 0.717) is 18.9 Å². The molecule has 1 heterocycles. The molecule has 2 aromatic rings. The number of benzene rings is 1. The molecule has 1 aromatic heterocycles. The number of carbonyl (C=O) groups is 1. The normalized spacial score (nSPS) is 10.5. The first-order valence-corrected chi connectivity index (χ1v) is 8.53. The fourth-order valence-electron chi connectivity index (χ4n) is 1.65. The maximum atomic E-state index is 11.9. The van der Waals surface area contributed by atoms with Crippen LogP contribution in [-0.2, 0) is 9.53 Å². The molecule has 0 fully saturated rings. The second kappa shape index (κ2) is 8.72. The number of thioether (sulfide) groups is 1. The summed E-state index contributed by atoms with van der Waals surface area (Å²) < 4.78 is 5.71. The third-order valence-electron chi connectivity index (χ3n) is 2.62. The Balaban J connectivity index is 1.76. The van der Waals surface area contributed by atoms with Gasteiger partial charge in [-0.05, 0) is 24.6 Å². The monoisotopic (exact) mass is 338 g/mol. The summed E-state index contributed by atoms with van der Waals surface area (Å²) in [4.78, 5) is 11.9. The predicted molar refractivity (Wildman–Crippen MR) is 90.8 cm³/mol. The summed E-state index contributed by atoms with van der Waals surface area (Å²) in [6.45, 7) is 3.29. The number of carbonyl (C=O) groups excluding carboxylic acids is 1. The van der Waals surface area contributed by atoms with Crippen LogP contribution in [0, 0.1) is 6.92 Å². The lowest BCUT2D eigenvalue weighted by atomic mass is 10.2. The van der Waals surface area contributed by atoms with Gasteiger partial charge in [-0.15, -0.1) is 10.2 Å². The average molecular weight is 338 g/mol. The number of rotatable bonds is 8. The number of nitrogens with zero attached hydrogens (tertiary/aromatic N) is 2. The van der Waals surface area contributed by atoms with Crippen LogP contribution in [0.2, 0.25) is 0 Å². The van der Waals surface area contributed by atoms with Crippen molar-refractivity contribution in [1.29, 1.82) is 0 Å². The van der Waals surface area contributed by atoms with Gasteiger partial charge in [0.2, 0.25) is 11.0 Å². The van der Waals surface area contributed by atoms with Gasteiger partial charge in [0.1, 0.15) is 0 Å². The van der Waals surface area contributed by atoms with Crippen molar-refractivity contribution < 1.29 is 9.53 Å². The highest BCUT2D eigenvalue weighted by Gasteiger charge is 2.08. The van der Waals surface area contributed by atoms with Crippen molar-refractivity contribution in [3.8, 4) is 0 Å². The van der Waals surface area contributed by atoms with Crippen LogP contribution < -0.4 is 10.6 Å². The first-order chi connectivity index (χ1) is 10.7. The Hall–Kier alpha value is -1.64. The zero-order valence-electron chi connectivity index (χ0n) is 12.5. The Labute approximate surface area is 137 Å². The minimum absolute atomic E-state index is 0.0558. The van der Waals surface area contributed by atoms with Crippen LogP contribution >= 0.6 is 23.1 Å². The molecule has 0 aliphatic rings. The van der Waals surface area contributed by atoms with E-state index in [-0.39, 0.29) is 5.91 Å². The molecule has 2 rings (SSSR count). The Kier molecular flexibility index (Phi) is 6.63. The molecule has 0 unspecified atom stereocenters. The van der Waals surface area contributed by atoms with E-state index in [1.807, 2.05) is 31.2 Å². The third-order valence-corrected chi connectivity index (χ3v) is 4.63. The number of methoxy groups -OCH3 is 1. The van der Waals surface area contributed by atoms with E-state index >= 15 is 0 Å². The lowest BCUT2D eigenvalue weighted by Gasteiger charge is -2.04. The molecule has 0 saturated carbocycles. The number of nitrogens with one attached hydrogen (secondary N) is 2. The van der Waals surface area contributed by atoms with Gasteiger partial charge in [-0.3, -0.25) is 4.79 Å². The molecule has 2 N–H and O–H groups in total. The van der Waals surface area contributed by atoms with Gasteiger partial charge in [0.15, 0.2) is 4.34 Å². The number of ether oxygens (including phenoxy) is 1. The number of amides is 1. The van der Waals surface area contributed by atoms with Crippen molar-refractivity contribution in [2.75, 3.05) is 36.6 Å². The highest BCUT2D eigenvalue weighted by atomic mass is 32.2. The summed E-state index contributed by atoms with van der Waals surface area (Å²) in [6, 6.07) is 7.72. The number of anilines is 2. The summed E-state index contributed by atoms with van der Waals surface area (Å²) >= 11 is 2.80. The van der Waals surface area contributed by atoms with Crippen LogP contribution in [0.4, 0.5) is 10.8 Å². The maximum Gasteiger partial charge on any atom is 0.234 e. The first kappa shape index (κ1) is 16.7. The Morgan fingerprint density at radius 3 is 3.05 bits per heavy atom. The molecule has 0 aliphatic heterocycles. The van der Waals surface area contributed by atoms with Gasteiger partial charge in [0, 0.05) is 19.3 Å². The SMILES string of the molecule is COCCNc1nnc(SCC(=O)Nc2cccc(C)c2)s1. The zero-order valence-corrected chi connectivity index (χ0v) is 14.1. The first-order valence-electron chi connectivity index (χ1n) is 6.73. The van der Waals surface area contributed by atoms with Crippen LogP contribution in [0.3, 0.4) is 0 Å². The molecular formula is C14H18N4O2S2. The highest BCUT2D eigenvalue weighted by Crippen LogP contribution is 2.25. The molecule has 0 spiro atoms. The quantitative estimate of drug-likeness (QED) is 0.569. The highest BCUT2D eigenvalue weighted by molar-refractivity contribution is 8.01. The van der Waals surface area contributed by atoms with Gasteiger partial charge in [-0.2, -0.15) is 0 Å². The second-order valence-corrected chi connectivity index (χ2v) is 6.70. The van der Waals surface area contributed by atoms with E-state index < -0.39 is 0 Å². The molecular weight excluding hydrogens is 320 g/mol. The molecule has 118 valence electrons. The third kappa shape index (κ3) is 5.63. The van der Waals surface area contributed by atoms with Crippen molar-refractivity contribution >= 4 is 39.8 Å². The molecule has 1 aromatic carbocycles. The largest absolute Gasteiger partial charge is 0.383 e. The Morgan fingerprint density at radius 2 is 2.27 bits per heavy atom. The molecule has 0 atom stereocenters. The number of hydrogen-bond acceptors (Lipinski definition) is 7. The fourth-order valence-corrected chi connectivity index (χ4v) is 3.22. The second-order valence-electron chi connectivity index (χ2n) is 4.50. The van der Waals surface area contributed by atoms with Crippen LogP contribution in [0.1, 0.15) is 5.56 Å². The number of hydrogen-bond donors (Lipinski definition) is 2. The molecule has 0 aliphatic carbocycles. The molecule has 0 saturated heterocycles. The zero-order chi connectivity index (χ0) is 15.8. The lowest BCUT2D eigenvalue weighted by Crippen LogP contribution is -2.13. The summed E-state index contributed by atoms with van der Waals surface area (Å²) in [5.41, 5.74) is 1.92. The van der Waals surface area contributed by atoms with Crippen molar-refractivity contribution in [3.63, 3.8) is 0 Å². The van der Waals surface area contributed by atoms with Gasteiger partial charge in [-0.25, -0.2) is 0 Å². The summed E-state index contributed by atoms with van der Waals surface area (Å²) in [6.07, 6.45) is 0. The van der Waals surface area contributed by atoms with E-state index in [1.54, 1.807) is 7.11 Å². The van der Waals surface area contributed by atoms with Crippen LogP contribution in [0.25, 0.3) is 0 Å². The minimum Gasteiger partial charge on any atom is -0.383 e. The molecule has 0 radical (unpaired) electrons. The van der Waals surface area contributed by atoms with E-state index in [9.17, 15) is 4.79 Å². The van der Waals surface area contributed by atoms with Crippen LogP contribution in [-0.4, -0.2) is 42.1 Å². The number of aryl methyl sites for hydroxylation is 1. The van der Waals surface area contributed by atoms with Crippen molar-refractivity contribution in [3.05, 3.63) is 29.8 Å². The molecule has 1 amide bonds. The standard InChI is InChI=1S/C14H18N4O2S2/c1-10-4-3-5-11(8-10)16-12(19)9-21-14-18-17-13(22-14)15-6-7-20-2/h3-5,8H,6-7,9H2,1-2H3,(H,15,17)(H,16,19). The summed E-state index contributed by atoms with van der Waals surface area (Å²) in [5, 5.41) is 14.8. The van der Waals surface area contributed by atoms with Crippen molar-refractivity contribution in [2.24, 2.45) is 0 Å². The van der Waals surface area contributed by atoms with E-state index in [2.05, 4.69) is 20.8 Å². The van der Waals surface area contributed by atoms with Gasteiger partial charge in [0.25, 0.3) is 0 Å². The topological polar surface area (TPSA) is 76.1 Å². The van der Waals surface area contributed by atoms with Crippen LogP contribution in [0.15, 0.2) is 28.6 Å². The van der Waals surface area contributed by atoms with E-state index in [1.165, 1.54) is 23.1 Å². The van der Waals surface area contributed by atoms with Crippen molar-refractivity contribution in [2.45, 2.75) is 11.3 Å². The minimum atomic E-state index is -0.0558. The molecule has 0 bridgehead atoms. The lowest BCUT2D eigenvalue weighted by molar-refractivity contribution is -0.113. The van der Waals surface area contributed by atoms with Gasteiger partial charge >= 0.3 is 0 Å². The van der Waals surface area contributed by atoms with Gasteiger partial charge < -0.3 is 15.4 Å². The Morgan fingerprint density at radius 1 is 1.41 bits per heavy atom. The average Bonchev–Trinajstić information content (AvgIpc) is 2.93. The maximum absolute atomic E-state index is 11.9. The van der Waals surface area contributed by atoms with E-state index in [4.69, 9.17) is 4.74 Å². The molecule has 8 heteroatoms. The van der Waals surface area contributed by atoms with Crippen LogP contribution in [0.5, 0.6) is 0 Å². The van der Waals surface area contributed by atoms with Gasteiger partial charge in [0.05, 0.1) is 12.4 Å². The van der Waals surface area contributed by atoms with E-state index in [0.717, 1.165) is 20.7 Å². The predicted octanol–water partition coefficient (Wildman–Crippen LogP) is 2.64. The Bertz CT molecular complexity index is 618. The van der Waals surface area contributed by atoms with Gasteiger partial charge in [-0.1, -0.05) is 35.2 Å². The smallest absolute Gasteiger partial charge is 0.234 e. The molecule has 22 heavy (non-hydrogen) atoms. The number of aromatic nitrogens is 2. The molecule has 6 nitrogen and oxygen atoms in total. The summed E-state index contributed by atoms with van der Waals surface area (Å²) in [5.74, 6) is 0.250. The van der Waals surface area contributed by atoms with Crippen molar-refractivity contribution in [1.82, 2.24) is 10.2 Å². The fraction of sp³-hybridized carbons (Fsp3) is 0.357.